The maximum Gasteiger partial charge on any atom is 0.252 e. The summed E-state index contributed by atoms with van der Waals surface area (Å²) in [4.78, 5) is 5.46. The Bertz CT molecular complexity index is 3330. The van der Waals surface area contributed by atoms with Crippen molar-refractivity contribution in [3.8, 4) is 22.3 Å². The van der Waals surface area contributed by atoms with E-state index in [1.807, 2.05) is 0 Å². The van der Waals surface area contributed by atoms with E-state index in [1.54, 1.807) is 0 Å². The van der Waals surface area contributed by atoms with Gasteiger partial charge in [-0.1, -0.05) is 168 Å². The van der Waals surface area contributed by atoms with E-state index in [9.17, 15) is 0 Å². The van der Waals surface area contributed by atoms with Gasteiger partial charge in [0.2, 0.25) is 0 Å². The zero-order valence-electron chi connectivity index (χ0n) is 44.6. The van der Waals surface area contributed by atoms with Crippen LogP contribution in [-0.2, 0) is 32.5 Å². The average molecular weight is 917 g/mol. The Morgan fingerprint density at radius 1 is 0.357 bits per heavy atom. The lowest BCUT2D eigenvalue weighted by Gasteiger charge is -2.48. The molecule has 70 heavy (non-hydrogen) atoms. The Kier molecular flexibility index (Phi) is 9.64. The lowest BCUT2D eigenvalue weighted by atomic mass is 9.32. The van der Waals surface area contributed by atoms with Crippen LogP contribution in [0.3, 0.4) is 0 Å². The summed E-state index contributed by atoms with van der Waals surface area (Å²) in [6, 6.07) is 50.4. The number of benzene rings is 7. The van der Waals surface area contributed by atoms with Crippen molar-refractivity contribution in [2.45, 2.75) is 162 Å². The van der Waals surface area contributed by atoms with Crippen LogP contribution in [0, 0.1) is 13.8 Å². The summed E-state index contributed by atoms with van der Waals surface area (Å²) in [5.41, 5.74) is 29.0. The minimum absolute atomic E-state index is 0.0348. The van der Waals surface area contributed by atoms with E-state index in [4.69, 9.17) is 0 Å². The Hall–Kier alpha value is -5.80. The highest BCUT2D eigenvalue weighted by Gasteiger charge is 2.50. The molecular formula is C67H73BN2. The fraction of sp³-hybridized carbons (Fsp3) is 0.373. The summed E-state index contributed by atoms with van der Waals surface area (Å²) in [6.07, 6.45) is 5.85. The number of fused-ring (bicyclic) bond motifs is 7. The van der Waals surface area contributed by atoms with E-state index < -0.39 is 0 Å². The van der Waals surface area contributed by atoms with Crippen LogP contribution in [0.4, 0.5) is 34.1 Å². The highest BCUT2D eigenvalue weighted by Crippen LogP contribution is 2.56. The molecule has 5 aliphatic rings. The van der Waals surface area contributed by atoms with Crippen molar-refractivity contribution >= 4 is 57.2 Å². The molecule has 0 saturated heterocycles. The standard InChI is InChI=1S/C67H73BN2/c1-41-31-59-61-60(32-41)70(56-37-50-47(33-42(56)2)62(3,4)27-29-64(50,7)8)58-39-52-49(66(11,12)40-67(52,13)14)36-54(58)68(61)53-35-48-51(65(9,10)30-28-63(48,5)6)38-57(53)69(59)55-26-25-45(43-21-17-15-18-22-43)34-46(55)44-23-19-16-20-24-44/h15-26,31-39H,27-30,40H2,1-14H3. The zero-order chi connectivity index (χ0) is 49.2. The van der Waals surface area contributed by atoms with Crippen molar-refractivity contribution in [1.29, 1.82) is 0 Å². The van der Waals surface area contributed by atoms with Gasteiger partial charge in [-0.05, 0) is 198 Å². The van der Waals surface area contributed by atoms with Gasteiger partial charge in [0, 0.05) is 34.0 Å². The normalized spacial score (nSPS) is 19.9. The Morgan fingerprint density at radius 2 is 0.771 bits per heavy atom. The minimum Gasteiger partial charge on any atom is -0.311 e. The van der Waals surface area contributed by atoms with Gasteiger partial charge in [0.1, 0.15) is 0 Å². The molecule has 0 amide bonds. The average Bonchev–Trinajstić information content (AvgIpc) is 3.50. The molecule has 0 fully saturated rings. The van der Waals surface area contributed by atoms with Gasteiger partial charge in [-0.25, -0.2) is 0 Å². The molecule has 2 aliphatic heterocycles. The molecule has 7 aromatic carbocycles. The van der Waals surface area contributed by atoms with Crippen molar-refractivity contribution in [3.63, 3.8) is 0 Å². The number of aryl methyl sites for hydroxylation is 2. The molecule has 3 heteroatoms. The highest BCUT2D eigenvalue weighted by atomic mass is 15.2. The molecule has 0 bridgehead atoms. The van der Waals surface area contributed by atoms with Gasteiger partial charge in [-0.15, -0.1) is 0 Å². The molecule has 0 aromatic heterocycles. The van der Waals surface area contributed by atoms with Crippen LogP contribution >= 0.6 is 0 Å². The molecule has 2 nitrogen and oxygen atoms in total. The number of hydrogen-bond donors (Lipinski definition) is 0. The van der Waals surface area contributed by atoms with Crippen LogP contribution in [0.1, 0.15) is 160 Å². The lowest BCUT2D eigenvalue weighted by Crippen LogP contribution is -2.62. The Labute approximate surface area is 420 Å². The van der Waals surface area contributed by atoms with E-state index in [1.165, 1.54) is 143 Å². The van der Waals surface area contributed by atoms with Crippen molar-refractivity contribution in [1.82, 2.24) is 0 Å². The van der Waals surface area contributed by atoms with Crippen molar-refractivity contribution in [3.05, 3.63) is 172 Å². The molecule has 0 saturated carbocycles. The molecular weight excluding hydrogens is 844 g/mol. The van der Waals surface area contributed by atoms with E-state index in [0.29, 0.717) is 0 Å². The van der Waals surface area contributed by atoms with Gasteiger partial charge in [-0.3, -0.25) is 0 Å². The minimum atomic E-state index is 0.0348. The van der Waals surface area contributed by atoms with Gasteiger partial charge in [-0.2, -0.15) is 0 Å². The maximum absolute atomic E-state index is 2.75. The van der Waals surface area contributed by atoms with Crippen LogP contribution in [0.15, 0.2) is 127 Å². The second kappa shape index (κ2) is 14.9. The number of rotatable bonds is 4. The first-order valence-electron chi connectivity index (χ1n) is 26.5. The summed E-state index contributed by atoms with van der Waals surface area (Å²) in [7, 11) is 0. The molecule has 7 aromatic rings. The van der Waals surface area contributed by atoms with Crippen LogP contribution in [-0.4, -0.2) is 6.71 Å². The molecule has 0 spiro atoms. The van der Waals surface area contributed by atoms with Gasteiger partial charge < -0.3 is 9.80 Å². The third kappa shape index (κ3) is 6.65. The second-order valence-corrected chi connectivity index (χ2v) is 26.4. The van der Waals surface area contributed by atoms with Crippen molar-refractivity contribution in [2.24, 2.45) is 0 Å². The van der Waals surface area contributed by atoms with Crippen LogP contribution in [0.25, 0.3) is 22.3 Å². The van der Waals surface area contributed by atoms with Gasteiger partial charge >= 0.3 is 0 Å². The molecule has 0 N–H and O–H groups in total. The molecule has 0 atom stereocenters. The lowest BCUT2D eigenvalue weighted by molar-refractivity contribution is 0.332. The predicted octanol–water partition coefficient (Wildman–Crippen LogP) is 16.4. The fourth-order valence-corrected chi connectivity index (χ4v) is 14.5. The molecule has 354 valence electrons. The highest BCUT2D eigenvalue weighted by molar-refractivity contribution is 7.00. The second-order valence-electron chi connectivity index (χ2n) is 26.4. The number of hydrogen-bond acceptors (Lipinski definition) is 2. The summed E-state index contributed by atoms with van der Waals surface area (Å²) in [5.74, 6) is 0. The number of nitrogens with zero attached hydrogens (tertiary/aromatic N) is 2. The Morgan fingerprint density at radius 3 is 1.29 bits per heavy atom. The summed E-state index contributed by atoms with van der Waals surface area (Å²) in [5, 5.41) is 0. The number of anilines is 6. The third-order valence-electron chi connectivity index (χ3n) is 18.5. The Balaban J connectivity index is 1.22. The van der Waals surface area contributed by atoms with E-state index in [2.05, 4.69) is 234 Å². The fourth-order valence-electron chi connectivity index (χ4n) is 14.5. The van der Waals surface area contributed by atoms with Gasteiger partial charge in [0.05, 0.1) is 5.69 Å². The largest absolute Gasteiger partial charge is 0.311 e. The first-order valence-corrected chi connectivity index (χ1v) is 26.5. The summed E-state index contributed by atoms with van der Waals surface area (Å²) in [6.45, 7) is 34.6. The first-order chi connectivity index (χ1) is 33.0. The van der Waals surface area contributed by atoms with E-state index in [0.717, 1.165) is 6.42 Å². The first kappa shape index (κ1) is 45.4. The van der Waals surface area contributed by atoms with Gasteiger partial charge in [0.15, 0.2) is 0 Å². The molecule has 12 rings (SSSR count). The molecule has 0 unspecified atom stereocenters. The molecule has 2 heterocycles. The molecule has 0 radical (unpaired) electrons. The van der Waals surface area contributed by atoms with Crippen molar-refractivity contribution in [2.75, 3.05) is 9.80 Å². The van der Waals surface area contributed by atoms with E-state index in [-0.39, 0.29) is 39.2 Å². The quantitative estimate of drug-likeness (QED) is 0.162. The van der Waals surface area contributed by atoms with E-state index >= 15 is 0 Å². The smallest absolute Gasteiger partial charge is 0.252 e. The van der Waals surface area contributed by atoms with Gasteiger partial charge in [0.25, 0.3) is 6.71 Å². The van der Waals surface area contributed by atoms with Crippen LogP contribution < -0.4 is 26.2 Å². The summed E-state index contributed by atoms with van der Waals surface area (Å²) < 4.78 is 0. The van der Waals surface area contributed by atoms with Crippen molar-refractivity contribution < 1.29 is 0 Å². The SMILES string of the molecule is Cc1cc2c3c(c1)N(c1ccc(-c4ccccc4)cc1-c1ccccc1)c1cc4c(cc1B3c1cc3c(cc1N2c1cc2c(cc1C)C(C)(C)CCC2(C)C)C(C)(C)CC3(C)C)C(C)(C)CCC4(C)C. The summed E-state index contributed by atoms with van der Waals surface area (Å²) >= 11 is 0. The van der Waals surface area contributed by atoms with Crippen LogP contribution in [0.5, 0.6) is 0 Å². The zero-order valence-corrected chi connectivity index (χ0v) is 44.6. The van der Waals surface area contributed by atoms with Crippen LogP contribution in [0.2, 0.25) is 0 Å². The monoisotopic (exact) mass is 917 g/mol. The topological polar surface area (TPSA) is 6.48 Å². The molecule has 3 aliphatic carbocycles. The predicted molar refractivity (Wildman–Crippen MR) is 302 cm³/mol. The maximum atomic E-state index is 2.75. The third-order valence-corrected chi connectivity index (χ3v) is 18.5.